The van der Waals surface area contributed by atoms with Crippen LogP contribution in [-0.2, 0) is 14.9 Å². The topological polar surface area (TPSA) is 117 Å². The van der Waals surface area contributed by atoms with E-state index in [4.69, 9.17) is 18.4 Å². The highest BCUT2D eigenvalue weighted by Gasteiger charge is 2.21. The van der Waals surface area contributed by atoms with Crippen molar-refractivity contribution in [1.29, 1.82) is 0 Å². The first-order chi connectivity index (χ1) is 17.2. The van der Waals surface area contributed by atoms with Crippen LogP contribution in [0.4, 0.5) is 5.69 Å². The Hall–Kier alpha value is -4.31. The van der Waals surface area contributed by atoms with Gasteiger partial charge in [-0.25, -0.2) is 0 Å². The number of benzene rings is 3. The highest BCUT2D eigenvalue weighted by molar-refractivity contribution is 7.87. The van der Waals surface area contributed by atoms with Crippen LogP contribution < -0.4 is 23.7 Å². The predicted octanol–water partition coefficient (Wildman–Crippen LogP) is 4.35. The number of anilines is 1. The molecule has 36 heavy (non-hydrogen) atoms. The normalized spacial score (nSPS) is 12.4. The Balaban J connectivity index is 1.50. The number of Topliss-reactive ketones (excluding diaryl/α,β-unsaturated/α-hetero) is 1. The van der Waals surface area contributed by atoms with E-state index in [1.165, 1.54) is 62.6 Å². The Bertz CT molecular complexity index is 1460. The largest absolute Gasteiger partial charge is 0.493 e. The van der Waals surface area contributed by atoms with Gasteiger partial charge in [0.05, 0.1) is 12.8 Å². The van der Waals surface area contributed by atoms with Crippen molar-refractivity contribution in [3.8, 4) is 23.0 Å². The molecule has 1 aliphatic heterocycles. The minimum Gasteiger partial charge on any atom is -0.493 e. The number of rotatable bonds is 8. The van der Waals surface area contributed by atoms with Crippen molar-refractivity contribution in [1.82, 2.24) is 0 Å². The lowest BCUT2D eigenvalue weighted by Crippen LogP contribution is -2.11. The summed E-state index contributed by atoms with van der Waals surface area (Å²) < 4.78 is 46.4. The number of hydrogen-bond acceptors (Lipinski definition) is 8. The Morgan fingerprint density at radius 3 is 2.33 bits per heavy atom. The smallest absolute Gasteiger partial charge is 0.339 e. The van der Waals surface area contributed by atoms with Crippen LogP contribution in [0.5, 0.6) is 23.0 Å². The maximum atomic E-state index is 12.6. The van der Waals surface area contributed by atoms with Gasteiger partial charge in [-0.05, 0) is 55.8 Å². The molecular formula is C26H23NO8S. The minimum absolute atomic E-state index is 0.00568. The molecule has 186 valence electrons. The van der Waals surface area contributed by atoms with Crippen LogP contribution in [0, 0.1) is 6.92 Å². The van der Waals surface area contributed by atoms with Gasteiger partial charge in [0, 0.05) is 17.7 Å². The first-order valence-electron chi connectivity index (χ1n) is 10.8. The van der Waals surface area contributed by atoms with Crippen molar-refractivity contribution in [3.05, 3.63) is 77.4 Å². The molecule has 0 aromatic heterocycles. The number of amides is 1. The molecule has 3 aromatic carbocycles. The van der Waals surface area contributed by atoms with Gasteiger partial charge in [0.1, 0.15) is 4.90 Å². The van der Waals surface area contributed by atoms with E-state index in [0.29, 0.717) is 28.3 Å². The summed E-state index contributed by atoms with van der Waals surface area (Å²) in [5, 5.41) is 2.67. The van der Waals surface area contributed by atoms with Crippen LogP contribution in [0.2, 0.25) is 0 Å². The SMILES string of the molecule is COc1cc(C=CC(=O)Nc2cc3c(cc2C(C)=O)OCO3)ccc1OS(=O)(=O)c1ccc(C)cc1. The van der Waals surface area contributed by atoms with Crippen molar-refractivity contribution in [2.24, 2.45) is 0 Å². The molecule has 3 aromatic rings. The summed E-state index contributed by atoms with van der Waals surface area (Å²) in [5.41, 5.74) is 2.06. The summed E-state index contributed by atoms with van der Waals surface area (Å²) in [6, 6.07) is 13.9. The fourth-order valence-electron chi connectivity index (χ4n) is 3.41. The fraction of sp³-hybridized carbons (Fsp3) is 0.154. The predicted molar refractivity (Wildman–Crippen MR) is 132 cm³/mol. The highest BCUT2D eigenvalue weighted by Crippen LogP contribution is 2.37. The van der Waals surface area contributed by atoms with Crippen LogP contribution in [-0.4, -0.2) is 34.0 Å². The molecule has 0 radical (unpaired) electrons. The Labute approximate surface area is 208 Å². The van der Waals surface area contributed by atoms with Crippen LogP contribution >= 0.6 is 0 Å². The van der Waals surface area contributed by atoms with Gasteiger partial charge in [0.2, 0.25) is 12.7 Å². The van der Waals surface area contributed by atoms with E-state index in [-0.39, 0.29) is 29.0 Å². The molecule has 0 fully saturated rings. The second kappa shape index (κ2) is 10.1. The van der Waals surface area contributed by atoms with Crippen LogP contribution in [0.15, 0.2) is 65.6 Å². The van der Waals surface area contributed by atoms with E-state index in [0.717, 1.165) is 5.56 Å². The van der Waals surface area contributed by atoms with Gasteiger partial charge in [0.25, 0.3) is 0 Å². The second-order valence-electron chi connectivity index (χ2n) is 7.89. The van der Waals surface area contributed by atoms with Gasteiger partial charge in [-0.15, -0.1) is 0 Å². The minimum atomic E-state index is -4.06. The van der Waals surface area contributed by atoms with E-state index >= 15 is 0 Å². The molecule has 1 N–H and O–H groups in total. The monoisotopic (exact) mass is 509 g/mol. The van der Waals surface area contributed by atoms with Crippen LogP contribution in [0.25, 0.3) is 6.08 Å². The van der Waals surface area contributed by atoms with Crippen LogP contribution in [0.1, 0.15) is 28.4 Å². The molecule has 1 heterocycles. The molecule has 1 amide bonds. The van der Waals surface area contributed by atoms with Crippen LogP contribution in [0.3, 0.4) is 0 Å². The van der Waals surface area contributed by atoms with Gasteiger partial charge >= 0.3 is 10.1 Å². The Kier molecular flexibility index (Phi) is 6.98. The third-order valence-corrected chi connectivity index (χ3v) is 6.52. The number of nitrogens with one attached hydrogen (secondary N) is 1. The lowest BCUT2D eigenvalue weighted by atomic mass is 10.1. The molecule has 0 aliphatic carbocycles. The molecule has 1 aliphatic rings. The third kappa shape index (κ3) is 5.49. The van der Waals surface area contributed by atoms with E-state index in [1.54, 1.807) is 18.2 Å². The summed E-state index contributed by atoms with van der Waals surface area (Å²) in [7, 11) is -2.68. The van der Waals surface area contributed by atoms with Gasteiger partial charge in [-0.3, -0.25) is 9.59 Å². The average molecular weight is 510 g/mol. The maximum Gasteiger partial charge on any atom is 0.339 e. The van der Waals surface area contributed by atoms with Gasteiger partial charge in [0.15, 0.2) is 28.8 Å². The molecule has 0 saturated carbocycles. The summed E-state index contributed by atoms with van der Waals surface area (Å²) in [6.07, 6.45) is 2.78. The van der Waals surface area contributed by atoms with Gasteiger partial charge in [-0.1, -0.05) is 23.8 Å². The lowest BCUT2D eigenvalue weighted by molar-refractivity contribution is -0.111. The van der Waals surface area contributed by atoms with E-state index in [2.05, 4.69) is 5.32 Å². The van der Waals surface area contributed by atoms with Crippen molar-refractivity contribution in [2.45, 2.75) is 18.7 Å². The molecule has 0 atom stereocenters. The Morgan fingerprint density at radius 1 is 0.972 bits per heavy atom. The summed E-state index contributed by atoms with van der Waals surface area (Å²) in [6.45, 7) is 3.28. The highest BCUT2D eigenvalue weighted by atomic mass is 32.2. The Morgan fingerprint density at radius 2 is 1.67 bits per heavy atom. The zero-order chi connectivity index (χ0) is 25.9. The van der Waals surface area contributed by atoms with Crippen molar-refractivity contribution in [2.75, 3.05) is 19.2 Å². The second-order valence-corrected chi connectivity index (χ2v) is 9.44. The first kappa shape index (κ1) is 24.8. The number of methoxy groups -OCH3 is 1. The number of hydrogen-bond donors (Lipinski definition) is 1. The number of aryl methyl sites for hydroxylation is 1. The lowest BCUT2D eigenvalue weighted by Gasteiger charge is -2.11. The summed E-state index contributed by atoms with van der Waals surface area (Å²) >= 11 is 0. The van der Waals surface area contributed by atoms with E-state index < -0.39 is 16.0 Å². The van der Waals surface area contributed by atoms with Crippen molar-refractivity contribution in [3.63, 3.8) is 0 Å². The molecule has 0 unspecified atom stereocenters. The van der Waals surface area contributed by atoms with Crippen molar-refractivity contribution < 1.29 is 36.4 Å². The summed E-state index contributed by atoms with van der Waals surface area (Å²) in [4.78, 5) is 24.6. The number of carbonyl (C=O) groups excluding carboxylic acids is 2. The summed E-state index contributed by atoms with van der Waals surface area (Å²) in [5.74, 6) is 0.313. The quantitative estimate of drug-likeness (QED) is 0.271. The van der Waals surface area contributed by atoms with Gasteiger partial charge in [-0.2, -0.15) is 8.42 Å². The molecule has 0 bridgehead atoms. The zero-order valence-corrected chi connectivity index (χ0v) is 20.5. The molecule has 0 saturated heterocycles. The first-order valence-corrected chi connectivity index (χ1v) is 12.2. The maximum absolute atomic E-state index is 12.6. The van der Waals surface area contributed by atoms with E-state index in [9.17, 15) is 18.0 Å². The molecule has 9 nitrogen and oxygen atoms in total. The average Bonchev–Trinajstić information content (AvgIpc) is 3.30. The van der Waals surface area contributed by atoms with Gasteiger partial charge < -0.3 is 23.7 Å². The third-order valence-electron chi connectivity index (χ3n) is 5.27. The number of ether oxygens (including phenoxy) is 3. The standard InChI is InChI=1S/C26H23NO8S/c1-16-4-8-19(9-5-16)36(30,31)35-22-10-6-18(12-23(22)32-3)7-11-26(29)27-21-14-25-24(33-15-34-25)13-20(21)17(2)28/h4-14H,15H2,1-3H3,(H,27,29). The van der Waals surface area contributed by atoms with E-state index in [1.807, 2.05) is 6.92 Å². The zero-order valence-electron chi connectivity index (χ0n) is 19.7. The molecule has 0 spiro atoms. The fourth-order valence-corrected chi connectivity index (χ4v) is 4.35. The number of fused-ring (bicyclic) bond motifs is 1. The molecule has 4 rings (SSSR count). The number of ketones is 1. The number of carbonyl (C=O) groups is 2. The molecular weight excluding hydrogens is 486 g/mol. The van der Waals surface area contributed by atoms with Crippen molar-refractivity contribution >= 4 is 33.6 Å². The molecule has 10 heteroatoms.